The van der Waals surface area contributed by atoms with E-state index in [2.05, 4.69) is 0 Å². The molecular formula is C11H11F2NS. The van der Waals surface area contributed by atoms with Gasteiger partial charge in [-0.3, -0.25) is 0 Å². The van der Waals surface area contributed by atoms with Crippen molar-refractivity contribution in [3.05, 3.63) is 35.2 Å². The average Bonchev–Trinajstić information content (AvgIpc) is 2.62. The maximum Gasteiger partial charge on any atom is 0.264 e. The number of hydrogen-bond donors (Lipinski definition) is 1. The van der Waals surface area contributed by atoms with Crippen LogP contribution < -0.4 is 5.73 Å². The first-order valence-electron chi connectivity index (χ1n) is 4.65. The van der Waals surface area contributed by atoms with Gasteiger partial charge in [-0.15, -0.1) is 11.3 Å². The van der Waals surface area contributed by atoms with Crippen LogP contribution in [0.2, 0.25) is 0 Å². The van der Waals surface area contributed by atoms with Crippen molar-refractivity contribution in [2.45, 2.75) is 12.3 Å². The van der Waals surface area contributed by atoms with Gasteiger partial charge in [0, 0.05) is 11.1 Å². The Morgan fingerprint density at radius 2 is 2.00 bits per heavy atom. The highest BCUT2D eigenvalue weighted by Gasteiger charge is 2.28. The Bertz CT molecular complexity index is 464. The quantitative estimate of drug-likeness (QED) is 0.857. The largest absolute Gasteiger partial charge is 0.325 e. The summed E-state index contributed by atoms with van der Waals surface area (Å²) in [7, 11) is 0. The molecule has 0 atom stereocenters. The summed E-state index contributed by atoms with van der Waals surface area (Å²) in [4.78, 5) is 0. The zero-order chi connectivity index (χ0) is 10.9. The minimum absolute atomic E-state index is 0.270. The summed E-state index contributed by atoms with van der Waals surface area (Å²) in [5.74, 6) is -2.80. The van der Waals surface area contributed by atoms with Gasteiger partial charge in [-0.25, -0.2) is 8.78 Å². The van der Waals surface area contributed by atoms with Crippen molar-refractivity contribution < 1.29 is 8.78 Å². The Kier molecular flexibility index (Phi) is 2.71. The van der Waals surface area contributed by atoms with Crippen LogP contribution in [0.1, 0.15) is 5.56 Å². The Morgan fingerprint density at radius 3 is 2.73 bits per heavy atom. The van der Waals surface area contributed by atoms with E-state index in [1.54, 1.807) is 5.38 Å². The normalized spacial score (nSPS) is 12.2. The molecule has 0 spiro atoms. The second-order valence-electron chi connectivity index (χ2n) is 3.49. The molecule has 0 aliphatic carbocycles. The standard InChI is InChI=1S/C11H11F2NS/c12-11(13,7-14)5-8-6-15-10-4-2-1-3-9(8)10/h1-4,6H,5,7,14H2. The first-order valence-corrected chi connectivity index (χ1v) is 5.53. The molecule has 0 aliphatic heterocycles. The number of halogens is 2. The summed E-state index contributed by atoms with van der Waals surface area (Å²) in [6, 6.07) is 7.57. The number of benzene rings is 1. The monoisotopic (exact) mass is 227 g/mol. The van der Waals surface area contributed by atoms with Gasteiger partial charge in [-0.05, 0) is 22.4 Å². The lowest BCUT2D eigenvalue weighted by Gasteiger charge is -2.12. The Morgan fingerprint density at radius 1 is 1.27 bits per heavy atom. The van der Waals surface area contributed by atoms with Crippen LogP contribution in [0.5, 0.6) is 0 Å². The highest BCUT2D eigenvalue weighted by Crippen LogP contribution is 2.29. The predicted octanol–water partition coefficient (Wildman–Crippen LogP) is 3.04. The summed E-state index contributed by atoms with van der Waals surface area (Å²) < 4.78 is 27.3. The predicted molar refractivity (Wildman–Crippen MR) is 59.5 cm³/mol. The van der Waals surface area contributed by atoms with Gasteiger partial charge in [0.1, 0.15) is 0 Å². The molecule has 2 rings (SSSR count). The highest BCUT2D eigenvalue weighted by atomic mass is 32.1. The Hall–Kier alpha value is -1.00. The molecular weight excluding hydrogens is 216 g/mol. The van der Waals surface area contributed by atoms with Gasteiger partial charge in [-0.2, -0.15) is 0 Å². The molecule has 2 aromatic rings. The lowest BCUT2D eigenvalue weighted by Crippen LogP contribution is -2.29. The van der Waals surface area contributed by atoms with Crippen molar-refractivity contribution >= 4 is 21.4 Å². The van der Waals surface area contributed by atoms with Crippen molar-refractivity contribution in [2.75, 3.05) is 6.54 Å². The Balaban J connectivity index is 2.37. The van der Waals surface area contributed by atoms with Crippen LogP contribution in [0, 0.1) is 0 Å². The van der Waals surface area contributed by atoms with E-state index < -0.39 is 12.5 Å². The van der Waals surface area contributed by atoms with Crippen LogP contribution >= 0.6 is 11.3 Å². The van der Waals surface area contributed by atoms with Crippen molar-refractivity contribution in [2.24, 2.45) is 5.73 Å². The molecule has 1 nitrogen and oxygen atoms in total. The highest BCUT2D eigenvalue weighted by molar-refractivity contribution is 7.17. The third-order valence-corrected chi connectivity index (χ3v) is 3.32. The number of fused-ring (bicyclic) bond motifs is 1. The molecule has 0 amide bonds. The molecule has 0 unspecified atom stereocenters. The molecule has 0 bridgehead atoms. The van der Waals surface area contributed by atoms with E-state index >= 15 is 0 Å². The van der Waals surface area contributed by atoms with E-state index in [1.807, 2.05) is 24.3 Å². The summed E-state index contributed by atoms with van der Waals surface area (Å²) in [5, 5.41) is 2.70. The number of thiophene rings is 1. The molecule has 0 aliphatic rings. The summed E-state index contributed by atoms with van der Waals surface area (Å²) >= 11 is 1.49. The van der Waals surface area contributed by atoms with Crippen LogP contribution in [-0.2, 0) is 6.42 Å². The molecule has 1 aromatic heterocycles. The number of rotatable bonds is 3. The number of alkyl halides is 2. The maximum atomic E-state index is 13.1. The summed E-state index contributed by atoms with van der Waals surface area (Å²) in [5.41, 5.74) is 5.71. The van der Waals surface area contributed by atoms with Crippen LogP contribution in [-0.4, -0.2) is 12.5 Å². The Labute approximate surface area is 90.5 Å². The zero-order valence-corrected chi connectivity index (χ0v) is 8.86. The average molecular weight is 227 g/mol. The minimum Gasteiger partial charge on any atom is -0.325 e. The van der Waals surface area contributed by atoms with Gasteiger partial charge < -0.3 is 5.73 Å². The van der Waals surface area contributed by atoms with Crippen molar-refractivity contribution in [3.63, 3.8) is 0 Å². The molecule has 1 aromatic carbocycles. The minimum atomic E-state index is -2.80. The van der Waals surface area contributed by atoms with Crippen LogP contribution in [0.15, 0.2) is 29.6 Å². The molecule has 0 fully saturated rings. The molecule has 4 heteroatoms. The van der Waals surface area contributed by atoms with E-state index in [0.29, 0.717) is 5.56 Å². The molecule has 2 N–H and O–H groups in total. The van der Waals surface area contributed by atoms with Gasteiger partial charge in [0.2, 0.25) is 0 Å². The third-order valence-electron chi connectivity index (χ3n) is 2.31. The molecule has 15 heavy (non-hydrogen) atoms. The molecule has 0 radical (unpaired) electrons. The molecule has 0 saturated heterocycles. The van der Waals surface area contributed by atoms with Crippen LogP contribution in [0.3, 0.4) is 0 Å². The fourth-order valence-electron chi connectivity index (χ4n) is 1.52. The molecule has 80 valence electrons. The van der Waals surface area contributed by atoms with Gasteiger partial charge >= 0.3 is 0 Å². The zero-order valence-electron chi connectivity index (χ0n) is 8.04. The van der Waals surface area contributed by atoms with Crippen LogP contribution in [0.25, 0.3) is 10.1 Å². The summed E-state index contributed by atoms with van der Waals surface area (Å²) in [6.07, 6.45) is -0.270. The lowest BCUT2D eigenvalue weighted by molar-refractivity contribution is 0.0119. The number of nitrogens with two attached hydrogens (primary N) is 1. The van der Waals surface area contributed by atoms with E-state index in [1.165, 1.54) is 11.3 Å². The van der Waals surface area contributed by atoms with Gasteiger partial charge in [0.05, 0.1) is 6.54 Å². The van der Waals surface area contributed by atoms with E-state index in [0.717, 1.165) is 10.1 Å². The fourth-order valence-corrected chi connectivity index (χ4v) is 2.48. The smallest absolute Gasteiger partial charge is 0.264 e. The second-order valence-corrected chi connectivity index (χ2v) is 4.41. The van der Waals surface area contributed by atoms with Gasteiger partial charge in [0.15, 0.2) is 0 Å². The maximum absolute atomic E-state index is 13.1. The first-order chi connectivity index (χ1) is 7.12. The van der Waals surface area contributed by atoms with Gasteiger partial charge in [0.25, 0.3) is 5.92 Å². The molecule has 1 heterocycles. The SMILES string of the molecule is NCC(F)(F)Cc1csc2ccccc12. The number of hydrogen-bond acceptors (Lipinski definition) is 2. The molecule has 0 saturated carbocycles. The second kappa shape index (κ2) is 3.87. The van der Waals surface area contributed by atoms with Crippen LogP contribution in [0.4, 0.5) is 8.78 Å². The first kappa shape index (κ1) is 10.5. The van der Waals surface area contributed by atoms with Gasteiger partial charge in [-0.1, -0.05) is 18.2 Å². The fraction of sp³-hybridized carbons (Fsp3) is 0.273. The van der Waals surface area contributed by atoms with E-state index in [9.17, 15) is 8.78 Å². The van der Waals surface area contributed by atoms with E-state index in [-0.39, 0.29) is 6.42 Å². The van der Waals surface area contributed by atoms with E-state index in [4.69, 9.17) is 5.73 Å². The lowest BCUT2D eigenvalue weighted by atomic mass is 10.1. The third kappa shape index (κ3) is 2.16. The topological polar surface area (TPSA) is 26.0 Å². The van der Waals surface area contributed by atoms with Crippen molar-refractivity contribution in [1.82, 2.24) is 0 Å². The van der Waals surface area contributed by atoms with Crippen molar-refractivity contribution in [3.8, 4) is 0 Å². The van der Waals surface area contributed by atoms with Crippen molar-refractivity contribution in [1.29, 1.82) is 0 Å². The summed E-state index contributed by atoms with van der Waals surface area (Å²) in [6.45, 7) is -0.600.